The summed E-state index contributed by atoms with van der Waals surface area (Å²) in [7, 11) is 0. The molecule has 0 aromatic heterocycles. The lowest BCUT2D eigenvalue weighted by Crippen LogP contribution is -2.46. The number of anilines is 1. The molecule has 0 spiro atoms. The highest BCUT2D eigenvalue weighted by Crippen LogP contribution is 2.27. The van der Waals surface area contributed by atoms with E-state index in [2.05, 4.69) is 0 Å². The van der Waals surface area contributed by atoms with Crippen LogP contribution in [0.1, 0.15) is 5.56 Å². The number of halogens is 1. The molecular formula is C12H14ClNO3. The standard InChI is InChI=1S/C12H14ClNO3/c1-8-9(13)3-2-4-10(8)14-5-6-17-11(7-14)12(15)16/h2-4,11H,5-7H2,1H3,(H,15,16). The van der Waals surface area contributed by atoms with Crippen LogP contribution in [0.4, 0.5) is 5.69 Å². The molecule has 2 rings (SSSR count). The van der Waals surface area contributed by atoms with Crippen molar-refractivity contribution in [3.05, 3.63) is 28.8 Å². The van der Waals surface area contributed by atoms with Gasteiger partial charge in [0.05, 0.1) is 13.2 Å². The third-order valence-electron chi connectivity index (χ3n) is 2.92. The normalized spacial score (nSPS) is 20.4. The summed E-state index contributed by atoms with van der Waals surface area (Å²) in [5, 5.41) is 9.64. The van der Waals surface area contributed by atoms with Crippen molar-refractivity contribution in [3.63, 3.8) is 0 Å². The third-order valence-corrected chi connectivity index (χ3v) is 3.33. The van der Waals surface area contributed by atoms with E-state index in [1.807, 2.05) is 30.0 Å². The van der Waals surface area contributed by atoms with Gasteiger partial charge in [-0.1, -0.05) is 17.7 Å². The summed E-state index contributed by atoms with van der Waals surface area (Å²) >= 11 is 6.06. The third kappa shape index (κ3) is 2.53. The summed E-state index contributed by atoms with van der Waals surface area (Å²) in [5.41, 5.74) is 1.95. The predicted molar refractivity (Wildman–Crippen MR) is 65.8 cm³/mol. The van der Waals surface area contributed by atoms with Crippen LogP contribution in [0, 0.1) is 6.92 Å². The summed E-state index contributed by atoms with van der Waals surface area (Å²) in [6, 6.07) is 5.65. The van der Waals surface area contributed by atoms with Crippen molar-refractivity contribution >= 4 is 23.3 Å². The fourth-order valence-corrected chi connectivity index (χ4v) is 2.13. The van der Waals surface area contributed by atoms with E-state index in [9.17, 15) is 4.79 Å². The van der Waals surface area contributed by atoms with Gasteiger partial charge in [0.1, 0.15) is 0 Å². The number of hydrogen-bond acceptors (Lipinski definition) is 3. The van der Waals surface area contributed by atoms with Gasteiger partial charge in [0.2, 0.25) is 0 Å². The van der Waals surface area contributed by atoms with Gasteiger partial charge in [-0.05, 0) is 24.6 Å². The summed E-state index contributed by atoms with van der Waals surface area (Å²) in [5.74, 6) is -0.922. The molecule has 0 bridgehead atoms. The molecule has 1 unspecified atom stereocenters. The van der Waals surface area contributed by atoms with E-state index in [0.29, 0.717) is 24.7 Å². The Morgan fingerprint density at radius 2 is 2.35 bits per heavy atom. The zero-order chi connectivity index (χ0) is 12.4. The molecule has 0 amide bonds. The molecule has 17 heavy (non-hydrogen) atoms. The maximum Gasteiger partial charge on any atom is 0.334 e. The first-order valence-corrected chi connectivity index (χ1v) is 5.82. The molecule has 1 aliphatic heterocycles. The van der Waals surface area contributed by atoms with Crippen molar-refractivity contribution in [2.45, 2.75) is 13.0 Å². The Morgan fingerprint density at radius 1 is 1.59 bits per heavy atom. The van der Waals surface area contributed by atoms with Crippen LogP contribution < -0.4 is 4.90 Å². The molecule has 4 nitrogen and oxygen atoms in total. The van der Waals surface area contributed by atoms with Crippen LogP contribution in [0.3, 0.4) is 0 Å². The van der Waals surface area contributed by atoms with Crippen molar-refractivity contribution in [2.75, 3.05) is 24.6 Å². The smallest absolute Gasteiger partial charge is 0.334 e. The molecule has 1 aromatic rings. The van der Waals surface area contributed by atoms with Crippen LogP contribution in [0.5, 0.6) is 0 Å². The zero-order valence-electron chi connectivity index (χ0n) is 9.52. The molecule has 0 radical (unpaired) electrons. The minimum atomic E-state index is -0.922. The minimum Gasteiger partial charge on any atom is -0.479 e. The second kappa shape index (κ2) is 4.94. The molecule has 1 N–H and O–H groups in total. The molecule has 5 heteroatoms. The van der Waals surface area contributed by atoms with Gasteiger partial charge in [-0.3, -0.25) is 0 Å². The van der Waals surface area contributed by atoms with Crippen LogP contribution >= 0.6 is 11.6 Å². The average molecular weight is 256 g/mol. The number of benzene rings is 1. The van der Waals surface area contributed by atoms with Gasteiger partial charge in [-0.2, -0.15) is 0 Å². The number of aliphatic carboxylic acids is 1. The Labute approximate surface area is 105 Å². The Hall–Kier alpha value is -1.26. The highest BCUT2D eigenvalue weighted by atomic mass is 35.5. The molecule has 1 heterocycles. The van der Waals surface area contributed by atoms with Gasteiger partial charge < -0.3 is 14.7 Å². The largest absolute Gasteiger partial charge is 0.479 e. The number of carboxylic acid groups (broad SMARTS) is 1. The van der Waals surface area contributed by atoms with Crippen LogP contribution in [-0.4, -0.2) is 36.9 Å². The Kier molecular flexibility index (Phi) is 3.54. The average Bonchev–Trinajstić information content (AvgIpc) is 2.33. The van der Waals surface area contributed by atoms with Gasteiger partial charge >= 0.3 is 5.97 Å². The quantitative estimate of drug-likeness (QED) is 0.878. The molecule has 1 aliphatic rings. The Balaban J connectivity index is 2.22. The fraction of sp³-hybridized carbons (Fsp3) is 0.417. The monoisotopic (exact) mass is 255 g/mol. The van der Waals surface area contributed by atoms with Crippen molar-refractivity contribution in [3.8, 4) is 0 Å². The van der Waals surface area contributed by atoms with E-state index >= 15 is 0 Å². The number of nitrogens with zero attached hydrogens (tertiary/aromatic N) is 1. The van der Waals surface area contributed by atoms with Gasteiger partial charge in [-0.15, -0.1) is 0 Å². The van der Waals surface area contributed by atoms with E-state index in [-0.39, 0.29) is 0 Å². The maximum atomic E-state index is 10.9. The first-order chi connectivity index (χ1) is 8.09. The molecule has 1 aromatic carbocycles. The molecule has 1 fully saturated rings. The number of ether oxygens (including phenoxy) is 1. The van der Waals surface area contributed by atoms with Crippen molar-refractivity contribution in [1.82, 2.24) is 0 Å². The van der Waals surface area contributed by atoms with Crippen LogP contribution in [0.25, 0.3) is 0 Å². The van der Waals surface area contributed by atoms with Gasteiger partial charge in [0, 0.05) is 17.3 Å². The van der Waals surface area contributed by atoms with Gasteiger partial charge in [-0.25, -0.2) is 4.79 Å². The summed E-state index contributed by atoms with van der Waals surface area (Å²) in [6.07, 6.45) is -0.762. The van der Waals surface area contributed by atoms with Crippen molar-refractivity contribution < 1.29 is 14.6 Å². The van der Waals surface area contributed by atoms with E-state index in [1.165, 1.54) is 0 Å². The van der Waals surface area contributed by atoms with E-state index in [4.69, 9.17) is 21.4 Å². The number of carbonyl (C=O) groups is 1. The molecule has 1 atom stereocenters. The number of hydrogen-bond donors (Lipinski definition) is 1. The highest BCUT2D eigenvalue weighted by Gasteiger charge is 2.27. The highest BCUT2D eigenvalue weighted by molar-refractivity contribution is 6.31. The van der Waals surface area contributed by atoms with E-state index in [0.717, 1.165) is 11.3 Å². The predicted octanol–water partition coefficient (Wildman–Crippen LogP) is 1.94. The van der Waals surface area contributed by atoms with E-state index < -0.39 is 12.1 Å². The second-order valence-corrected chi connectivity index (χ2v) is 4.43. The Bertz CT molecular complexity index is 436. The number of morpholine rings is 1. The lowest BCUT2D eigenvalue weighted by molar-refractivity contribution is -0.150. The van der Waals surface area contributed by atoms with E-state index in [1.54, 1.807) is 0 Å². The minimum absolute atomic E-state index is 0.358. The first-order valence-electron chi connectivity index (χ1n) is 5.44. The topological polar surface area (TPSA) is 49.8 Å². The summed E-state index contributed by atoms with van der Waals surface area (Å²) in [6.45, 7) is 3.40. The van der Waals surface area contributed by atoms with Crippen LogP contribution in [-0.2, 0) is 9.53 Å². The second-order valence-electron chi connectivity index (χ2n) is 4.03. The molecule has 92 valence electrons. The van der Waals surface area contributed by atoms with Gasteiger partial charge in [0.15, 0.2) is 6.10 Å². The molecule has 0 aliphatic carbocycles. The Morgan fingerprint density at radius 3 is 3.06 bits per heavy atom. The van der Waals surface area contributed by atoms with Crippen LogP contribution in [0.2, 0.25) is 5.02 Å². The first kappa shape index (κ1) is 12.2. The van der Waals surface area contributed by atoms with Crippen LogP contribution in [0.15, 0.2) is 18.2 Å². The number of carboxylic acids is 1. The molecule has 0 saturated carbocycles. The fourth-order valence-electron chi connectivity index (χ4n) is 1.96. The van der Waals surface area contributed by atoms with Crippen molar-refractivity contribution in [2.24, 2.45) is 0 Å². The zero-order valence-corrected chi connectivity index (χ0v) is 10.3. The van der Waals surface area contributed by atoms with Gasteiger partial charge in [0.25, 0.3) is 0 Å². The SMILES string of the molecule is Cc1c(Cl)cccc1N1CCOC(C(=O)O)C1. The van der Waals surface area contributed by atoms with Crippen molar-refractivity contribution in [1.29, 1.82) is 0 Å². The summed E-state index contributed by atoms with van der Waals surface area (Å²) < 4.78 is 5.19. The molecular weight excluding hydrogens is 242 g/mol. The maximum absolute atomic E-state index is 10.9. The lowest BCUT2D eigenvalue weighted by atomic mass is 10.1. The summed E-state index contributed by atoms with van der Waals surface area (Å²) in [4.78, 5) is 12.9. The number of rotatable bonds is 2. The lowest BCUT2D eigenvalue weighted by Gasteiger charge is -2.33. The molecule has 1 saturated heterocycles.